The average molecular weight is 341 g/mol. The number of ketones is 1. The second-order valence-corrected chi connectivity index (χ2v) is 7.71. The molecular weight excluding hydrogens is 318 g/mol. The van der Waals surface area contributed by atoms with Gasteiger partial charge in [-0.15, -0.1) is 0 Å². The standard InChI is InChI=1S/C19H23N3O3/c1-19-14(17(24)20-11-6-5-9-22(2)10-11)15(19)18(25)21-13-8-4-3-7-12(13)16(19)23/h3-4,7-8,11,14-15H,5-6,9-10H2,1-2H3,(H,20,24)(H,21,25)/t11-,14-,15-,19+/m0/s1. The van der Waals surface area contributed by atoms with E-state index in [1.54, 1.807) is 31.2 Å². The fourth-order valence-corrected chi connectivity index (χ4v) is 4.51. The van der Waals surface area contributed by atoms with Crippen molar-refractivity contribution in [2.75, 3.05) is 25.5 Å². The summed E-state index contributed by atoms with van der Waals surface area (Å²) in [7, 11) is 2.04. The molecule has 2 heterocycles. The maximum Gasteiger partial charge on any atom is 0.229 e. The molecule has 1 aromatic rings. The van der Waals surface area contributed by atoms with Crippen molar-refractivity contribution in [3.63, 3.8) is 0 Å². The Morgan fingerprint density at radius 1 is 1.32 bits per heavy atom. The van der Waals surface area contributed by atoms with Crippen molar-refractivity contribution in [3.05, 3.63) is 29.8 Å². The lowest BCUT2D eigenvalue weighted by Gasteiger charge is -2.30. The highest BCUT2D eigenvalue weighted by molar-refractivity contribution is 6.19. The Balaban J connectivity index is 1.56. The lowest BCUT2D eigenvalue weighted by atomic mass is 9.92. The summed E-state index contributed by atoms with van der Waals surface area (Å²) in [5.41, 5.74) is 0.0916. The van der Waals surface area contributed by atoms with E-state index in [4.69, 9.17) is 0 Å². The monoisotopic (exact) mass is 341 g/mol. The molecule has 3 aliphatic rings. The van der Waals surface area contributed by atoms with Gasteiger partial charge in [-0.2, -0.15) is 0 Å². The molecule has 2 fully saturated rings. The molecule has 6 nitrogen and oxygen atoms in total. The van der Waals surface area contributed by atoms with Gasteiger partial charge in [0.15, 0.2) is 5.78 Å². The van der Waals surface area contributed by atoms with Gasteiger partial charge in [0.1, 0.15) is 0 Å². The first-order chi connectivity index (χ1) is 11.9. The van der Waals surface area contributed by atoms with Gasteiger partial charge < -0.3 is 15.5 Å². The lowest BCUT2D eigenvalue weighted by Crippen LogP contribution is -2.47. The number of anilines is 1. The molecule has 2 N–H and O–H groups in total. The summed E-state index contributed by atoms with van der Waals surface area (Å²) < 4.78 is 0. The van der Waals surface area contributed by atoms with Crippen LogP contribution in [0.5, 0.6) is 0 Å². The van der Waals surface area contributed by atoms with Gasteiger partial charge in [-0.25, -0.2) is 0 Å². The van der Waals surface area contributed by atoms with E-state index in [1.165, 1.54) is 0 Å². The van der Waals surface area contributed by atoms with Crippen molar-refractivity contribution in [1.29, 1.82) is 0 Å². The average Bonchev–Trinajstić information content (AvgIpc) is 3.23. The van der Waals surface area contributed by atoms with Crippen molar-refractivity contribution >= 4 is 23.3 Å². The number of hydrogen-bond donors (Lipinski definition) is 2. The summed E-state index contributed by atoms with van der Waals surface area (Å²) in [6, 6.07) is 7.10. The predicted molar refractivity (Wildman–Crippen MR) is 93.2 cm³/mol. The molecule has 0 spiro atoms. The minimum absolute atomic E-state index is 0.0881. The number of likely N-dealkylation sites (N-methyl/N-ethyl adjacent to an activating group) is 1. The molecule has 4 atom stereocenters. The van der Waals surface area contributed by atoms with Gasteiger partial charge in [0.25, 0.3) is 0 Å². The number of para-hydroxylation sites is 1. The molecular formula is C19H23N3O3. The number of piperidine rings is 1. The van der Waals surface area contributed by atoms with Crippen LogP contribution in [0.3, 0.4) is 0 Å². The van der Waals surface area contributed by atoms with Crippen molar-refractivity contribution in [1.82, 2.24) is 10.2 Å². The van der Waals surface area contributed by atoms with Crippen LogP contribution < -0.4 is 10.6 Å². The molecule has 132 valence electrons. The van der Waals surface area contributed by atoms with E-state index >= 15 is 0 Å². The first-order valence-corrected chi connectivity index (χ1v) is 8.86. The molecule has 1 saturated heterocycles. The van der Waals surface area contributed by atoms with Gasteiger partial charge >= 0.3 is 0 Å². The maximum absolute atomic E-state index is 13.0. The van der Waals surface area contributed by atoms with Crippen LogP contribution in [0.2, 0.25) is 0 Å². The molecule has 1 aliphatic carbocycles. The third-order valence-corrected chi connectivity index (χ3v) is 5.97. The van der Waals surface area contributed by atoms with Gasteiger partial charge in [0.05, 0.1) is 22.9 Å². The van der Waals surface area contributed by atoms with Crippen LogP contribution >= 0.6 is 0 Å². The molecule has 0 unspecified atom stereocenters. The highest BCUT2D eigenvalue weighted by atomic mass is 16.2. The number of amides is 2. The molecule has 1 aromatic carbocycles. The van der Waals surface area contributed by atoms with E-state index in [0.29, 0.717) is 11.3 Å². The number of Topliss-reactive ketones (excluding diaryl/α,β-unsaturated/α-hetero) is 1. The normalized spacial score (nSPS) is 34.4. The molecule has 0 aromatic heterocycles. The molecule has 2 amide bonds. The number of nitrogens with one attached hydrogen (secondary N) is 2. The Bertz CT molecular complexity index is 762. The second-order valence-electron chi connectivity index (χ2n) is 7.71. The van der Waals surface area contributed by atoms with Crippen LogP contribution in [0, 0.1) is 17.3 Å². The predicted octanol–water partition coefficient (Wildman–Crippen LogP) is 1.28. The number of fused-ring (bicyclic) bond motifs is 2. The van der Waals surface area contributed by atoms with E-state index in [0.717, 1.165) is 25.9 Å². The van der Waals surface area contributed by atoms with E-state index in [-0.39, 0.29) is 23.6 Å². The highest BCUT2D eigenvalue weighted by Gasteiger charge is 2.73. The number of carbonyl (C=O) groups excluding carboxylic acids is 3. The van der Waals surface area contributed by atoms with Gasteiger partial charge in [0.2, 0.25) is 11.8 Å². The van der Waals surface area contributed by atoms with Crippen LogP contribution in [-0.2, 0) is 9.59 Å². The third kappa shape index (κ3) is 2.47. The lowest BCUT2D eigenvalue weighted by molar-refractivity contribution is -0.126. The number of rotatable bonds is 2. The number of hydrogen-bond acceptors (Lipinski definition) is 4. The van der Waals surface area contributed by atoms with Crippen LogP contribution in [0.25, 0.3) is 0 Å². The van der Waals surface area contributed by atoms with Crippen molar-refractivity contribution in [2.24, 2.45) is 17.3 Å². The van der Waals surface area contributed by atoms with E-state index < -0.39 is 17.3 Å². The number of carbonyl (C=O) groups is 3. The van der Waals surface area contributed by atoms with Crippen LogP contribution in [0.15, 0.2) is 24.3 Å². The quantitative estimate of drug-likeness (QED) is 0.849. The zero-order valence-electron chi connectivity index (χ0n) is 14.5. The molecule has 1 saturated carbocycles. The van der Waals surface area contributed by atoms with Crippen LogP contribution in [-0.4, -0.2) is 48.7 Å². The maximum atomic E-state index is 13.0. The molecule has 0 radical (unpaired) electrons. The summed E-state index contributed by atoms with van der Waals surface area (Å²) in [4.78, 5) is 40.6. The number of nitrogens with zero attached hydrogens (tertiary/aromatic N) is 1. The first-order valence-electron chi connectivity index (χ1n) is 8.86. The van der Waals surface area contributed by atoms with Crippen molar-refractivity contribution < 1.29 is 14.4 Å². The van der Waals surface area contributed by atoms with Crippen LogP contribution in [0.4, 0.5) is 5.69 Å². The summed E-state index contributed by atoms with van der Waals surface area (Å²) >= 11 is 0. The Labute approximate surface area is 147 Å². The Morgan fingerprint density at radius 3 is 2.84 bits per heavy atom. The zero-order chi connectivity index (χ0) is 17.8. The minimum atomic E-state index is -0.943. The Morgan fingerprint density at radius 2 is 2.08 bits per heavy atom. The van der Waals surface area contributed by atoms with Crippen LogP contribution in [0.1, 0.15) is 30.1 Å². The summed E-state index contributed by atoms with van der Waals surface area (Å²) in [6.07, 6.45) is 1.98. The fraction of sp³-hybridized carbons (Fsp3) is 0.526. The van der Waals surface area contributed by atoms with Gasteiger partial charge in [-0.3, -0.25) is 14.4 Å². The minimum Gasteiger partial charge on any atom is -0.352 e. The zero-order valence-corrected chi connectivity index (χ0v) is 14.5. The van der Waals surface area contributed by atoms with E-state index in [1.807, 2.05) is 7.05 Å². The first kappa shape index (κ1) is 16.3. The largest absolute Gasteiger partial charge is 0.352 e. The second kappa shape index (κ2) is 5.66. The SMILES string of the molecule is CN1CCC[C@H](NC(=O)[C@@H]2[C@H]3C(=O)Nc4ccccc4C(=O)[C@@]32C)C1. The Kier molecular flexibility index (Phi) is 3.68. The van der Waals surface area contributed by atoms with Crippen molar-refractivity contribution in [3.8, 4) is 0 Å². The van der Waals surface area contributed by atoms with Crippen molar-refractivity contribution in [2.45, 2.75) is 25.8 Å². The fourth-order valence-electron chi connectivity index (χ4n) is 4.51. The van der Waals surface area contributed by atoms with Gasteiger partial charge in [-0.05, 0) is 38.6 Å². The molecule has 6 heteroatoms. The summed E-state index contributed by atoms with van der Waals surface area (Å²) in [5.74, 6) is -1.70. The molecule has 2 aliphatic heterocycles. The Hall–Kier alpha value is -2.21. The topological polar surface area (TPSA) is 78.5 Å². The van der Waals surface area contributed by atoms with E-state index in [9.17, 15) is 14.4 Å². The number of benzene rings is 1. The van der Waals surface area contributed by atoms with Gasteiger partial charge in [0, 0.05) is 18.2 Å². The van der Waals surface area contributed by atoms with Gasteiger partial charge in [-0.1, -0.05) is 19.1 Å². The summed E-state index contributed by atoms with van der Waals surface area (Å²) in [5, 5.41) is 5.88. The highest BCUT2D eigenvalue weighted by Crippen LogP contribution is 2.62. The smallest absolute Gasteiger partial charge is 0.229 e. The van der Waals surface area contributed by atoms with E-state index in [2.05, 4.69) is 15.5 Å². The third-order valence-electron chi connectivity index (χ3n) is 5.97. The summed E-state index contributed by atoms with van der Waals surface area (Å²) in [6.45, 7) is 3.59. The molecule has 25 heavy (non-hydrogen) atoms. The number of likely N-dealkylation sites (tertiary alicyclic amines) is 1. The molecule has 0 bridgehead atoms. The molecule has 4 rings (SSSR count).